The van der Waals surface area contributed by atoms with Crippen molar-refractivity contribution in [1.29, 1.82) is 0 Å². The molecule has 2 aromatic heterocycles. The largest absolute Gasteiger partial charge is 0.319 e. The molecule has 1 amide bonds. The minimum atomic E-state index is -0.158. The van der Waals surface area contributed by atoms with Gasteiger partial charge in [-0.25, -0.2) is 0 Å². The van der Waals surface area contributed by atoms with Gasteiger partial charge in [0.15, 0.2) is 0 Å². The van der Waals surface area contributed by atoms with E-state index in [1.54, 1.807) is 30.7 Å². The second-order valence-electron chi connectivity index (χ2n) is 4.59. The number of pyridine rings is 1. The van der Waals surface area contributed by atoms with Crippen molar-refractivity contribution < 1.29 is 4.79 Å². The number of carbonyl (C=O) groups excluding carboxylic acids is 1. The number of carbonyl (C=O) groups is 1. The number of nitrogens with one attached hydrogen (secondary N) is 1. The number of amides is 1. The van der Waals surface area contributed by atoms with E-state index in [4.69, 9.17) is 0 Å². The average Bonchev–Trinajstić information content (AvgIpc) is 3.10. The molecule has 0 unspecified atom stereocenters. The molecule has 1 aliphatic rings. The van der Waals surface area contributed by atoms with E-state index in [-0.39, 0.29) is 5.91 Å². The molecule has 1 N–H and O–H groups in total. The Labute approximate surface area is 105 Å². The summed E-state index contributed by atoms with van der Waals surface area (Å²) in [6, 6.07) is 3.47. The molecule has 0 aliphatic heterocycles. The van der Waals surface area contributed by atoms with E-state index < -0.39 is 0 Å². The fourth-order valence-corrected chi connectivity index (χ4v) is 1.79. The molecule has 0 atom stereocenters. The van der Waals surface area contributed by atoms with Crippen molar-refractivity contribution in [3.8, 4) is 0 Å². The normalized spacial score (nSPS) is 14.4. The van der Waals surface area contributed by atoms with Gasteiger partial charge >= 0.3 is 0 Å². The van der Waals surface area contributed by atoms with E-state index in [0.29, 0.717) is 5.56 Å². The first-order chi connectivity index (χ1) is 8.81. The molecular formula is C13H14N4O. The van der Waals surface area contributed by atoms with Crippen LogP contribution >= 0.6 is 0 Å². The fourth-order valence-electron chi connectivity index (χ4n) is 1.79. The topological polar surface area (TPSA) is 59.8 Å². The van der Waals surface area contributed by atoms with Gasteiger partial charge in [-0.2, -0.15) is 5.10 Å². The summed E-state index contributed by atoms with van der Waals surface area (Å²) in [6.45, 7) is 0.947. The molecule has 0 bridgehead atoms. The second kappa shape index (κ2) is 4.60. The third-order valence-electron chi connectivity index (χ3n) is 2.96. The average molecular weight is 242 g/mol. The second-order valence-corrected chi connectivity index (χ2v) is 4.59. The summed E-state index contributed by atoms with van der Waals surface area (Å²) in [5.41, 5.74) is 1.27. The van der Waals surface area contributed by atoms with Crippen LogP contribution in [0.25, 0.3) is 0 Å². The lowest BCUT2D eigenvalue weighted by Gasteiger charge is -2.01. The molecule has 0 radical (unpaired) electrons. The van der Waals surface area contributed by atoms with Gasteiger partial charge in [0.2, 0.25) is 0 Å². The highest BCUT2D eigenvalue weighted by Gasteiger charge is 2.22. The summed E-state index contributed by atoms with van der Waals surface area (Å²) in [5.74, 6) is 0.612. The molecule has 1 fully saturated rings. The zero-order valence-corrected chi connectivity index (χ0v) is 9.91. The first-order valence-electron chi connectivity index (χ1n) is 6.05. The highest BCUT2D eigenvalue weighted by atomic mass is 16.1. The van der Waals surface area contributed by atoms with Crippen molar-refractivity contribution in [2.45, 2.75) is 19.4 Å². The predicted octanol–water partition coefficient (Wildman–Crippen LogP) is 1.94. The van der Waals surface area contributed by atoms with E-state index in [9.17, 15) is 4.79 Å². The Hall–Kier alpha value is -2.17. The number of rotatable bonds is 4. The van der Waals surface area contributed by atoms with Crippen molar-refractivity contribution in [2.24, 2.45) is 5.92 Å². The van der Waals surface area contributed by atoms with Crippen LogP contribution in [0.5, 0.6) is 0 Å². The molecule has 5 nitrogen and oxygen atoms in total. The van der Waals surface area contributed by atoms with Crippen LogP contribution in [-0.4, -0.2) is 20.7 Å². The van der Waals surface area contributed by atoms with Gasteiger partial charge in [0.1, 0.15) is 0 Å². The van der Waals surface area contributed by atoms with Gasteiger partial charge in [-0.15, -0.1) is 0 Å². The van der Waals surface area contributed by atoms with E-state index in [1.807, 2.05) is 10.9 Å². The first-order valence-corrected chi connectivity index (χ1v) is 6.05. The van der Waals surface area contributed by atoms with Crippen molar-refractivity contribution in [1.82, 2.24) is 14.8 Å². The fraction of sp³-hybridized carbons (Fsp3) is 0.308. The van der Waals surface area contributed by atoms with Crippen molar-refractivity contribution in [3.05, 3.63) is 42.5 Å². The van der Waals surface area contributed by atoms with Crippen LogP contribution in [0.3, 0.4) is 0 Å². The minimum absolute atomic E-state index is 0.158. The molecular weight excluding hydrogens is 228 g/mol. The van der Waals surface area contributed by atoms with Crippen molar-refractivity contribution >= 4 is 11.6 Å². The quantitative estimate of drug-likeness (QED) is 0.891. The molecule has 3 rings (SSSR count). The van der Waals surface area contributed by atoms with E-state index >= 15 is 0 Å². The SMILES string of the molecule is O=C(Nc1cnn(CC2CC2)c1)c1cccnc1. The van der Waals surface area contributed by atoms with Crippen LogP contribution in [0, 0.1) is 5.92 Å². The van der Waals surface area contributed by atoms with E-state index in [2.05, 4.69) is 15.4 Å². The van der Waals surface area contributed by atoms with Gasteiger partial charge in [-0.1, -0.05) is 0 Å². The Morgan fingerprint density at radius 3 is 3.06 bits per heavy atom. The van der Waals surface area contributed by atoms with Crippen LogP contribution < -0.4 is 5.32 Å². The lowest BCUT2D eigenvalue weighted by Crippen LogP contribution is -2.11. The monoisotopic (exact) mass is 242 g/mol. The third-order valence-corrected chi connectivity index (χ3v) is 2.96. The lowest BCUT2D eigenvalue weighted by molar-refractivity contribution is 0.102. The molecule has 92 valence electrons. The summed E-state index contributed by atoms with van der Waals surface area (Å²) in [5, 5.41) is 7.04. The number of anilines is 1. The maximum Gasteiger partial charge on any atom is 0.257 e. The molecule has 0 aromatic carbocycles. The van der Waals surface area contributed by atoms with E-state index in [1.165, 1.54) is 12.8 Å². The Morgan fingerprint density at radius 2 is 2.33 bits per heavy atom. The van der Waals surface area contributed by atoms with Gasteiger partial charge in [0, 0.05) is 25.1 Å². The summed E-state index contributed by atoms with van der Waals surface area (Å²) < 4.78 is 1.89. The number of nitrogens with zero attached hydrogens (tertiary/aromatic N) is 3. The molecule has 2 aromatic rings. The summed E-state index contributed by atoms with van der Waals surface area (Å²) in [6.07, 6.45) is 9.31. The van der Waals surface area contributed by atoms with Gasteiger partial charge in [0.25, 0.3) is 5.91 Å². The first kappa shape index (κ1) is 11.0. The Morgan fingerprint density at radius 1 is 1.44 bits per heavy atom. The van der Waals surface area contributed by atoms with Crippen molar-refractivity contribution in [3.63, 3.8) is 0 Å². The molecule has 18 heavy (non-hydrogen) atoms. The van der Waals surface area contributed by atoms with Gasteiger partial charge in [0.05, 0.1) is 17.4 Å². The zero-order valence-electron chi connectivity index (χ0n) is 9.91. The zero-order chi connectivity index (χ0) is 12.4. The van der Waals surface area contributed by atoms with Gasteiger partial charge in [-0.3, -0.25) is 14.5 Å². The third kappa shape index (κ3) is 2.56. The number of hydrogen-bond acceptors (Lipinski definition) is 3. The summed E-state index contributed by atoms with van der Waals surface area (Å²) in [7, 11) is 0. The molecule has 1 saturated carbocycles. The van der Waals surface area contributed by atoms with E-state index in [0.717, 1.165) is 18.2 Å². The highest BCUT2D eigenvalue weighted by Crippen LogP contribution is 2.30. The smallest absolute Gasteiger partial charge is 0.257 e. The highest BCUT2D eigenvalue weighted by molar-refractivity contribution is 6.03. The van der Waals surface area contributed by atoms with Crippen LogP contribution in [0.1, 0.15) is 23.2 Å². The predicted molar refractivity (Wildman–Crippen MR) is 67.1 cm³/mol. The molecule has 2 heterocycles. The molecule has 0 saturated heterocycles. The van der Waals surface area contributed by atoms with Gasteiger partial charge < -0.3 is 5.32 Å². The Bertz CT molecular complexity index is 545. The molecule has 1 aliphatic carbocycles. The number of aromatic nitrogens is 3. The maximum atomic E-state index is 11.9. The van der Waals surface area contributed by atoms with Crippen LogP contribution in [-0.2, 0) is 6.54 Å². The summed E-state index contributed by atoms with van der Waals surface area (Å²) in [4.78, 5) is 15.8. The maximum absolute atomic E-state index is 11.9. The van der Waals surface area contributed by atoms with Gasteiger partial charge in [-0.05, 0) is 30.9 Å². The Kier molecular flexibility index (Phi) is 2.80. The minimum Gasteiger partial charge on any atom is -0.319 e. The molecule has 0 spiro atoms. The van der Waals surface area contributed by atoms with Crippen molar-refractivity contribution in [2.75, 3.05) is 5.32 Å². The lowest BCUT2D eigenvalue weighted by atomic mass is 10.2. The summed E-state index contributed by atoms with van der Waals surface area (Å²) >= 11 is 0. The van der Waals surface area contributed by atoms with Crippen LogP contribution in [0.15, 0.2) is 36.9 Å². The molecule has 5 heteroatoms. The van der Waals surface area contributed by atoms with Crippen LogP contribution in [0.2, 0.25) is 0 Å². The Balaban J connectivity index is 1.65. The number of hydrogen-bond donors (Lipinski definition) is 1. The van der Waals surface area contributed by atoms with Crippen LogP contribution in [0.4, 0.5) is 5.69 Å². The standard InChI is InChI=1S/C13H14N4O/c18-13(11-2-1-5-14-6-11)16-12-7-15-17(9-12)8-10-3-4-10/h1-2,5-7,9-10H,3-4,8H2,(H,16,18).